The lowest BCUT2D eigenvalue weighted by Crippen LogP contribution is -2.37. The van der Waals surface area contributed by atoms with Gasteiger partial charge in [0, 0.05) is 18.7 Å². The van der Waals surface area contributed by atoms with Crippen LogP contribution in [0, 0.1) is 5.92 Å². The second kappa shape index (κ2) is 7.05. The first-order valence-corrected chi connectivity index (χ1v) is 6.98. The number of carboxylic acids is 1. The van der Waals surface area contributed by atoms with Crippen molar-refractivity contribution in [2.75, 3.05) is 18.4 Å². The number of hydrogen-bond acceptors (Lipinski definition) is 3. The number of carbonyl (C=O) groups excluding carboxylic acids is 1. The summed E-state index contributed by atoms with van der Waals surface area (Å²) in [4.78, 5) is 22.8. The number of carboxylic acid groups (broad SMARTS) is 1. The number of hydrogen-bond donors (Lipinski definition) is 3. The second-order valence-electron chi connectivity index (χ2n) is 5.08. The van der Waals surface area contributed by atoms with Gasteiger partial charge in [0.1, 0.15) is 0 Å². The lowest BCUT2D eigenvalue weighted by Gasteiger charge is -2.22. The summed E-state index contributed by atoms with van der Waals surface area (Å²) < 4.78 is 0. The number of aryl methyl sites for hydroxylation is 1. The SMILES string of the molecule is O=C(O)CCc1ccccc1NC(=O)[C@H]1CCCNC1. The molecular formula is C15H20N2O3. The molecule has 0 unspecified atom stereocenters. The standard InChI is InChI=1S/C15H20N2O3/c18-14(19)8-7-11-4-1-2-6-13(11)17-15(20)12-5-3-9-16-10-12/h1-2,4,6,12,16H,3,5,7-10H2,(H,17,20)(H,18,19)/t12-/m0/s1. The van der Waals surface area contributed by atoms with Crippen LogP contribution < -0.4 is 10.6 Å². The topological polar surface area (TPSA) is 78.4 Å². The molecule has 0 aliphatic carbocycles. The van der Waals surface area contributed by atoms with Crippen molar-refractivity contribution in [3.05, 3.63) is 29.8 Å². The third-order valence-corrected chi connectivity index (χ3v) is 3.55. The molecule has 1 atom stereocenters. The predicted molar refractivity (Wildman–Crippen MR) is 76.6 cm³/mol. The van der Waals surface area contributed by atoms with Gasteiger partial charge in [-0.3, -0.25) is 9.59 Å². The molecule has 1 amide bonds. The van der Waals surface area contributed by atoms with Crippen molar-refractivity contribution < 1.29 is 14.7 Å². The quantitative estimate of drug-likeness (QED) is 0.764. The van der Waals surface area contributed by atoms with Crippen LogP contribution in [0.1, 0.15) is 24.8 Å². The van der Waals surface area contributed by atoms with Crippen molar-refractivity contribution in [2.24, 2.45) is 5.92 Å². The Morgan fingerprint density at radius 3 is 2.85 bits per heavy atom. The molecule has 1 aliphatic rings. The molecule has 1 aromatic carbocycles. The van der Waals surface area contributed by atoms with Crippen molar-refractivity contribution in [3.63, 3.8) is 0 Å². The molecule has 0 saturated carbocycles. The minimum Gasteiger partial charge on any atom is -0.481 e. The fourth-order valence-corrected chi connectivity index (χ4v) is 2.41. The first kappa shape index (κ1) is 14.5. The van der Waals surface area contributed by atoms with Crippen LogP contribution in [0.5, 0.6) is 0 Å². The molecule has 1 aliphatic heterocycles. The molecule has 20 heavy (non-hydrogen) atoms. The number of benzene rings is 1. The monoisotopic (exact) mass is 276 g/mol. The van der Waals surface area contributed by atoms with Gasteiger partial charge in [0.05, 0.1) is 5.92 Å². The van der Waals surface area contributed by atoms with Crippen LogP contribution in [0.2, 0.25) is 0 Å². The summed E-state index contributed by atoms with van der Waals surface area (Å²) in [6, 6.07) is 7.39. The molecule has 1 fully saturated rings. The molecular weight excluding hydrogens is 256 g/mol. The van der Waals surface area contributed by atoms with E-state index in [9.17, 15) is 9.59 Å². The summed E-state index contributed by atoms with van der Waals surface area (Å²) in [5.41, 5.74) is 1.59. The van der Waals surface area contributed by atoms with Crippen LogP contribution in [0.3, 0.4) is 0 Å². The van der Waals surface area contributed by atoms with Gasteiger partial charge in [-0.25, -0.2) is 0 Å². The number of anilines is 1. The Hall–Kier alpha value is -1.88. The molecule has 1 aromatic rings. The molecule has 5 nitrogen and oxygen atoms in total. The highest BCUT2D eigenvalue weighted by Gasteiger charge is 2.21. The first-order chi connectivity index (χ1) is 9.66. The Bertz CT molecular complexity index is 482. The van der Waals surface area contributed by atoms with E-state index in [1.807, 2.05) is 24.3 Å². The third kappa shape index (κ3) is 4.06. The molecule has 108 valence electrons. The van der Waals surface area contributed by atoms with E-state index >= 15 is 0 Å². The van der Waals surface area contributed by atoms with Gasteiger partial charge in [-0.1, -0.05) is 18.2 Å². The largest absolute Gasteiger partial charge is 0.481 e. The van der Waals surface area contributed by atoms with Gasteiger partial charge in [0.15, 0.2) is 0 Å². The Kier molecular flexibility index (Phi) is 5.12. The lowest BCUT2D eigenvalue weighted by molar-refractivity contribution is -0.137. The average molecular weight is 276 g/mol. The molecule has 0 aromatic heterocycles. The summed E-state index contributed by atoms with van der Waals surface area (Å²) in [5.74, 6) is -0.820. The summed E-state index contributed by atoms with van der Waals surface area (Å²) in [6.45, 7) is 1.68. The molecule has 0 spiro atoms. The fraction of sp³-hybridized carbons (Fsp3) is 0.467. The summed E-state index contributed by atoms with van der Waals surface area (Å²) >= 11 is 0. The maximum absolute atomic E-state index is 12.2. The summed E-state index contributed by atoms with van der Waals surface area (Å²) in [7, 11) is 0. The number of carbonyl (C=O) groups is 2. The molecule has 5 heteroatoms. The normalized spacial score (nSPS) is 18.5. The maximum Gasteiger partial charge on any atom is 0.303 e. The van der Waals surface area contributed by atoms with Crippen LogP contribution in [0.4, 0.5) is 5.69 Å². The van der Waals surface area contributed by atoms with E-state index in [0.29, 0.717) is 13.0 Å². The van der Waals surface area contributed by atoms with Crippen molar-refractivity contribution in [3.8, 4) is 0 Å². The van der Waals surface area contributed by atoms with Crippen molar-refractivity contribution in [1.82, 2.24) is 5.32 Å². The van der Waals surface area contributed by atoms with E-state index in [1.165, 1.54) is 0 Å². The van der Waals surface area contributed by atoms with Gasteiger partial charge < -0.3 is 15.7 Å². The van der Waals surface area contributed by atoms with Crippen LogP contribution in [-0.4, -0.2) is 30.1 Å². The Labute approximate surface area is 118 Å². The Balaban J connectivity index is 2.00. The van der Waals surface area contributed by atoms with E-state index in [-0.39, 0.29) is 18.2 Å². The highest BCUT2D eigenvalue weighted by Crippen LogP contribution is 2.19. The molecule has 1 saturated heterocycles. The molecule has 0 bridgehead atoms. The average Bonchev–Trinajstić information content (AvgIpc) is 2.47. The van der Waals surface area contributed by atoms with Crippen LogP contribution in [0.25, 0.3) is 0 Å². The smallest absolute Gasteiger partial charge is 0.303 e. The van der Waals surface area contributed by atoms with E-state index in [1.54, 1.807) is 0 Å². The summed E-state index contributed by atoms with van der Waals surface area (Å²) in [6.07, 6.45) is 2.40. The predicted octanol–water partition coefficient (Wildman–Crippen LogP) is 1.64. The van der Waals surface area contributed by atoms with Gasteiger partial charge >= 0.3 is 5.97 Å². The van der Waals surface area contributed by atoms with E-state index in [0.717, 1.165) is 30.6 Å². The molecule has 0 radical (unpaired) electrons. The van der Waals surface area contributed by atoms with E-state index in [4.69, 9.17) is 5.11 Å². The first-order valence-electron chi connectivity index (χ1n) is 6.98. The number of piperidine rings is 1. The zero-order valence-electron chi connectivity index (χ0n) is 11.4. The van der Waals surface area contributed by atoms with Gasteiger partial charge in [0.25, 0.3) is 0 Å². The zero-order chi connectivity index (χ0) is 14.4. The summed E-state index contributed by atoms with van der Waals surface area (Å²) in [5, 5.41) is 14.9. The van der Waals surface area contributed by atoms with Gasteiger partial charge in [-0.05, 0) is 37.4 Å². The van der Waals surface area contributed by atoms with E-state index < -0.39 is 5.97 Å². The van der Waals surface area contributed by atoms with Crippen molar-refractivity contribution in [1.29, 1.82) is 0 Å². The molecule has 2 rings (SSSR count). The zero-order valence-corrected chi connectivity index (χ0v) is 11.4. The van der Waals surface area contributed by atoms with Crippen molar-refractivity contribution >= 4 is 17.6 Å². The van der Waals surface area contributed by atoms with Gasteiger partial charge in [-0.2, -0.15) is 0 Å². The van der Waals surface area contributed by atoms with Crippen LogP contribution in [0.15, 0.2) is 24.3 Å². The Morgan fingerprint density at radius 1 is 1.35 bits per heavy atom. The number of aliphatic carboxylic acids is 1. The minimum absolute atomic E-state index is 0.00344. The minimum atomic E-state index is -0.831. The third-order valence-electron chi connectivity index (χ3n) is 3.55. The fourth-order valence-electron chi connectivity index (χ4n) is 2.41. The highest BCUT2D eigenvalue weighted by atomic mass is 16.4. The van der Waals surface area contributed by atoms with Gasteiger partial charge in [0.2, 0.25) is 5.91 Å². The second-order valence-corrected chi connectivity index (χ2v) is 5.08. The maximum atomic E-state index is 12.2. The lowest BCUT2D eigenvalue weighted by atomic mass is 9.98. The van der Waals surface area contributed by atoms with Gasteiger partial charge in [-0.15, -0.1) is 0 Å². The number of para-hydroxylation sites is 1. The Morgan fingerprint density at radius 2 is 2.15 bits per heavy atom. The van der Waals surface area contributed by atoms with Crippen LogP contribution in [-0.2, 0) is 16.0 Å². The van der Waals surface area contributed by atoms with Crippen molar-refractivity contribution in [2.45, 2.75) is 25.7 Å². The molecule has 1 heterocycles. The van der Waals surface area contributed by atoms with Crippen LogP contribution >= 0.6 is 0 Å². The molecule has 3 N–H and O–H groups in total. The number of nitrogens with one attached hydrogen (secondary N) is 2. The number of amides is 1. The van der Waals surface area contributed by atoms with E-state index in [2.05, 4.69) is 10.6 Å². The number of rotatable bonds is 5. The highest BCUT2D eigenvalue weighted by molar-refractivity contribution is 5.93.